The quantitative estimate of drug-likeness (QED) is 0.550. The van der Waals surface area contributed by atoms with Gasteiger partial charge in [-0.3, -0.25) is 4.79 Å². The maximum absolute atomic E-state index is 10.4. The van der Waals surface area contributed by atoms with Crippen molar-refractivity contribution < 1.29 is 4.79 Å². The Morgan fingerprint density at radius 2 is 2.08 bits per heavy atom. The lowest BCUT2D eigenvalue weighted by Gasteiger charge is -1.98. The fourth-order valence-corrected chi connectivity index (χ4v) is 1.36. The number of hydrogen-bond donors (Lipinski definition) is 0. The van der Waals surface area contributed by atoms with Crippen LogP contribution in [0.4, 0.5) is 0 Å². The molecular formula is C10H9NO. The van der Waals surface area contributed by atoms with Gasteiger partial charge in [0.25, 0.3) is 0 Å². The van der Waals surface area contributed by atoms with E-state index < -0.39 is 0 Å². The number of carbonyl (C=O) groups is 1. The van der Waals surface area contributed by atoms with E-state index in [1.807, 2.05) is 6.07 Å². The number of aromatic nitrogens is 1. The molecule has 0 bridgehead atoms. The number of nitrogens with zero attached hydrogens (tertiary/aromatic N) is 1. The van der Waals surface area contributed by atoms with Crippen LogP contribution >= 0.6 is 0 Å². The van der Waals surface area contributed by atoms with Crippen LogP contribution in [0.25, 0.3) is 12.2 Å². The molecule has 0 N–H and O–H groups in total. The highest BCUT2D eigenvalue weighted by Crippen LogP contribution is 1.94. The maximum atomic E-state index is 10.4. The second-order valence-corrected chi connectivity index (χ2v) is 2.81. The van der Waals surface area contributed by atoms with Crippen LogP contribution in [0.2, 0.25) is 0 Å². The largest absolute Gasteiger partial charge is 0.296 e. The van der Waals surface area contributed by atoms with Gasteiger partial charge in [0.1, 0.15) is 5.69 Å². The Balaban J connectivity index is 2.73. The molecule has 0 radical (unpaired) electrons. The fraction of sp³-hybridized carbons (Fsp3) is 0.200. The zero-order chi connectivity index (χ0) is 8.39. The first-order chi connectivity index (χ1) is 5.90. The Labute approximate surface area is 70.3 Å². The standard InChI is InChI=1S/C10H9NO/c12-7-9-6-5-8-3-1-2-4-10(8)11-9/h3-7H,1-2H2. The van der Waals surface area contributed by atoms with Crippen LogP contribution < -0.4 is 10.6 Å². The third kappa shape index (κ3) is 1.16. The predicted molar refractivity (Wildman–Crippen MR) is 47.0 cm³/mol. The van der Waals surface area contributed by atoms with Gasteiger partial charge < -0.3 is 0 Å². The average molecular weight is 159 g/mol. The molecule has 0 spiro atoms. The smallest absolute Gasteiger partial charge is 0.168 e. The second-order valence-electron chi connectivity index (χ2n) is 2.81. The number of hydrogen-bond acceptors (Lipinski definition) is 2. The van der Waals surface area contributed by atoms with Gasteiger partial charge in [-0.25, -0.2) is 4.98 Å². The minimum atomic E-state index is 0.514. The number of pyridine rings is 1. The zero-order valence-electron chi connectivity index (χ0n) is 6.66. The number of rotatable bonds is 1. The molecule has 1 heterocycles. The molecule has 60 valence electrons. The summed E-state index contributed by atoms with van der Waals surface area (Å²) >= 11 is 0. The van der Waals surface area contributed by atoms with E-state index >= 15 is 0 Å². The summed E-state index contributed by atoms with van der Waals surface area (Å²) in [5.41, 5.74) is 0.514. The van der Waals surface area contributed by atoms with Crippen molar-refractivity contribution in [3.63, 3.8) is 0 Å². The summed E-state index contributed by atoms with van der Waals surface area (Å²) in [5.74, 6) is 0. The Hall–Kier alpha value is -1.44. The predicted octanol–water partition coefficient (Wildman–Crippen LogP) is 0.249. The van der Waals surface area contributed by atoms with Gasteiger partial charge in [0.2, 0.25) is 0 Å². The molecule has 0 saturated carbocycles. The number of carbonyl (C=O) groups excluding carboxylic acids is 1. The molecule has 0 aliphatic heterocycles. The van der Waals surface area contributed by atoms with Gasteiger partial charge >= 0.3 is 0 Å². The SMILES string of the molecule is O=Cc1ccc2c(n1)=CCCC=2. The van der Waals surface area contributed by atoms with Crippen LogP contribution in [-0.4, -0.2) is 11.3 Å². The van der Waals surface area contributed by atoms with Crippen LogP contribution in [0.5, 0.6) is 0 Å². The zero-order valence-corrected chi connectivity index (χ0v) is 6.66. The van der Waals surface area contributed by atoms with Crippen molar-refractivity contribution in [2.24, 2.45) is 0 Å². The topological polar surface area (TPSA) is 30.0 Å². The van der Waals surface area contributed by atoms with Gasteiger partial charge in [0.05, 0.1) is 5.35 Å². The Bertz CT molecular complexity index is 420. The van der Waals surface area contributed by atoms with Gasteiger partial charge in [-0.15, -0.1) is 0 Å². The first-order valence-corrected chi connectivity index (χ1v) is 4.03. The highest BCUT2D eigenvalue weighted by atomic mass is 16.1. The fourth-order valence-electron chi connectivity index (χ4n) is 1.36. The van der Waals surface area contributed by atoms with E-state index in [2.05, 4.69) is 17.1 Å². The maximum Gasteiger partial charge on any atom is 0.168 e. The summed E-state index contributed by atoms with van der Waals surface area (Å²) in [6.07, 6.45) is 7.11. The minimum Gasteiger partial charge on any atom is -0.296 e. The van der Waals surface area contributed by atoms with Crippen LogP contribution in [0.3, 0.4) is 0 Å². The van der Waals surface area contributed by atoms with Gasteiger partial charge in [-0.05, 0) is 24.1 Å². The van der Waals surface area contributed by atoms with Crippen molar-refractivity contribution in [2.75, 3.05) is 0 Å². The molecule has 0 saturated heterocycles. The van der Waals surface area contributed by atoms with Crippen molar-refractivity contribution in [1.82, 2.24) is 4.98 Å². The molecule has 1 aliphatic rings. The summed E-state index contributed by atoms with van der Waals surface area (Å²) in [7, 11) is 0. The lowest BCUT2D eigenvalue weighted by Crippen LogP contribution is -2.30. The lowest BCUT2D eigenvalue weighted by atomic mass is 10.1. The normalized spacial score (nSPS) is 14.0. The van der Waals surface area contributed by atoms with Crippen LogP contribution in [0.15, 0.2) is 12.1 Å². The molecule has 1 aliphatic carbocycles. The summed E-state index contributed by atoms with van der Waals surface area (Å²) in [5, 5.41) is 2.10. The molecule has 2 nitrogen and oxygen atoms in total. The van der Waals surface area contributed by atoms with E-state index in [0.29, 0.717) is 5.69 Å². The van der Waals surface area contributed by atoms with Crippen LogP contribution in [-0.2, 0) is 0 Å². The number of fused-ring (bicyclic) bond motifs is 1. The average Bonchev–Trinajstić information content (AvgIpc) is 2.17. The third-order valence-corrected chi connectivity index (χ3v) is 1.97. The first kappa shape index (κ1) is 7.22. The number of aldehydes is 1. The summed E-state index contributed by atoms with van der Waals surface area (Å²) in [4.78, 5) is 14.6. The van der Waals surface area contributed by atoms with Crippen molar-refractivity contribution in [1.29, 1.82) is 0 Å². The van der Waals surface area contributed by atoms with E-state index in [4.69, 9.17) is 0 Å². The van der Waals surface area contributed by atoms with Crippen LogP contribution in [0, 0.1) is 0 Å². The van der Waals surface area contributed by atoms with E-state index in [1.54, 1.807) is 6.07 Å². The molecule has 0 unspecified atom stereocenters. The summed E-state index contributed by atoms with van der Waals surface area (Å²) in [6.45, 7) is 0. The van der Waals surface area contributed by atoms with E-state index in [-0.39, 0.29) is 0 Å². The molecule has 0 aromatic carbocycles. The summed E-state index contributed by atoms with van der Waals surface area (Å²) < 4.78 is 0. The van der Waals surface area contributed by atoms with Crippen LogP contribution in [0.1, 0.15) is 23.3 Å². The first-order valence-electron chi connectivity index (χ1n) is 4.03. The molecule has 1 aromatic rings. The molecule has 12 heavy (non-hydrogen) atoms. The van der Waals surface area contributed by atoms with Gasteiger partial charge in [0, 0.05) is 0 Å². The molecule has 1 aromatic heterocycles. The van der Waals surface area contributed by atoms with Crippen molar-refractivity contribution >= 4 is 18.4 Å². The van der Waals surface area contributed by atoms with Crippen molar-refractivity contribution in [2.45, 2.75) is 12.8 Å². The second kappa shape index (κ2) is 2.89. The Kier molecular flexibility index (Phi) is 1.74. The Morgan fingerprint density at radius 3 is 2.92 bits per heavy atom. The lowest BCUT2D eigenvalue weighted by molar-refractivity contribution is 0.111. The van der Waals surface area contributed by atoms with E-state index in [1.165, 1.54) is 0 Å². The van der Waals surface area contributed by atoms with Gasteiger partial charge in [0.15, 0.2) is 6.29 Å². The van der Waals surface area contributed by atoms with Crippen molar-refractivity contribution in [3.8, 4) is 0 Å². The molecular weight excluding hydrogens is 150 g/mol. The highest BCUT2D eigenvalue weighted by molar-refractivity contribution is 5.71. The minimum absolute atomic E-state index is 0.514. The monoisotopic (exact) mass is 159 g/mol. The molecule has 0 atom stereocenters. The summed E-state index contributed by atoms with van der Waals surface area (Å²) in [6, 6.07) is 3.70. The highest BCUT2D eigenvalue weighted by Gasteiger charge is 1.95. The Morgan fingerprint density at radius 1 is 1.25 bits per heavy atom. The molecule has 0 amide bonds. The van der Waals surface area contributed by atoms with E-state index in [0.717, 1.165) is 29.7 Å². The van der Waals surface area contributed by atoms with E-state index in [9.17, 15) is 4.79 Å². The molecule has 2 rings (SSSR count). The van der Waals surface area contributed by atoms with Gasteiger partial charge in [-0.2, -0.15) is 0 Å². The molecule has 2 heteroatoms. The third-order valence-electron chi connectivity index (χ3n) is 1.97. The van der Waals surface area contributed by atoms with Gasteiger partial charge in [-0.1, -0.05) is 18.2 Å². The van der Waals surface area contributed by atoms with Crippen molar-refractivity contribution in [3.05, 3.63) is 28.4 Å². The molecule has 0 fully saturated rings.